The van der Waals surface area contributed by atoms with Crippen LogP contribution in [0.25, 0.3) is 10.9 Å². The molecule has 3 aromatic rings. The Labute approximate surface area is 199 Å². The number of hydrogen-bond acceptors (Lipinski definition) is 5. The maximum absolute atomic E-state index is 13.4. The van der Waals surface area contributed by atoms with Gasteiger partial charge in [-0.05, 0) is 84.8 Å². The summed E-state index contributed by atoms with van der Waals surface area (Å²) in [4.78, 5) is 32.4. The average molecular weight is 561 g/mol. The highest BCUT2D eigenvalue weighted by atomic mass is 127. The Hall–Kier alpha value is -2.37. The molecule has 2 amide bonds. The number of imide groups is 1. The summed E-state index contributed by atoms with van der Waals surface area (Å²) < 4.78 is 28.9. The molecule has 9 heteroatoms. The molecule has 3 heterocycles. The number of halogens is 1. The number of pyridine rings is 1. The fourth-order valence-electron chi connectivity index (χ4n) is 4.40. The molecule has 2 aromatic carbocycles. The van der Waals surface area contributed by atoms with Crippen molar-refractivity contribution >= 4 is 61.0 Å². The Kier molecular flexibility index (Phi) is 5.30. The lowest BCUT2D eigenvalue weighted by molar-refractivity contribution is 0.0926. The Bertz CT molecular complexity index is 1380. The number of aryl methyl sites for hydroxylation is 1. The fourth-order valence-corrected chi connectivity index (χ4v) is 6.31. The van der Waals surface area contributed by atoms with Gasteiger partial charge in [0.25, 0.3) is 11.8 Å². The van der Waals surface area contributed by atoms with E-state index in [0.717, 1.165) is 27.7 Å². The second-order valence-corrected chi connectivity index (χ2v) is 11.2. The Balaban J connectivity index is 1.67. The van der Waals surface area contributed by atoms with Crippen molar-refractivity contribution in [2.75, 3.05) is 18.0 Å². The van der Waals surface area contributed by atoms with Crippen LogP contribution in [0.4, 0.5) is 5.69 Å². The highest BCUT2D eigenvalue weighted by molar-refractivity contribution is 14.1. The van der Waals surface area contributed by atoms with Crippen LogP contribution in [0.2, 0.25) is 0 Å². The smallest absolute Gasteiger partial charge is 0.268 e. The van der Waals surface area contributed by atoms with E-state index in [9.17, 15) is 18.0 Å². The van der Waals surface area contributed by atoms with Crippen molar-refractivity contribution in [3.63, 3.8) is 0 Å². The fraction of sp³-hybridized carbons (Fsp3) is 0.261. The first-order chi connectivity index (χ1) is 15.3. The van der Waals surface area contributed by atoms with Crippen molar-refractivity contribution in [1.82, 2.24) is 9.29 Å². The highest BCUT2D eigenvalue weighted by Gasteiger charge is 2.40. The van der Waals surface area contributed by atoms with Gasteiger partial charge in [0.2, 0.25) is 10.0 Å². The summed E-state index contributed by atoms with van der Waals surface area (Å²) in [5, 5.41) is 0.384. The molecule has 1 aromatic heterocycles. The van der Waals surface area contributed by atoms with Gasteiger partial charge in [0.05, 0.1) is 32.9 Å². The molecule has 0 saturated carbocycles. The normalized spacial score (nSPS) is 17.2. The van der Waals surface area contributed by atoms with Crippen LogP contribution in [0.3, 0.4) is 0 Å². The minimum Gasteiger partial charge on any atom is -0.268 e. The lowest BCUT2D eigenvalue weighted by atomic mass is 10.0. The van der Waals surface area contributed by atoms with Crippen LogP contribution in [-0.4, -0.2) is 42.6 Å². The standard InChI is InChI=1S/C23H20IN3O4S/c1-14-20-21(23(29)27(22(20)28)16-7-5-15(24)6-8-16)18-13-17(9-10-19(18)25-14)32(30,31)26-11-3-2-4-12-26/h5-10,13H,2-4,11-12H2,1H3. The number of benzene rings is 2. The molecule has 2 aliphatic rings. The van der Waals surface area contributed by atoms with Crippen LogP contribution in [0.5, 0.6) is 0 Å². The van der Waals surface area contributed by atoms with Crippen molar-refractivity contribution < 1.29 is 18.0 Å². The number of fused-ring (bicyclic) bond motifs is 3. The number of hydrogen-bond donors (Lipinski definition) is 0. The third-order valence-electron chi connectivity index (χ3n) is 6.01. The van der Waals surface area contributed by atoms with Gasteiger partial charge in [-0.1, -0.05) is 6.42 Å². The summed E-state index contributed by atoms with van der Waals surface area (Å²) in [5.41, 5.74) is 1.86. The van der Waals surface area contributed by atoms with Crippen LogP contribution in [0.1, 0.15) is 45.7 Å². The molecule has 2 aliphatic heterocycles. The van der Waals surface area contributed by atoms with E-state index in [1.807, 2.05) is 12.1 Å². The molecule has 32 heavy (non-hydrogen) atoms. The van der Waals surface area contributed by atoms with E-state index < -0.39 is 21.8 Å². The van der Waals surface area contributed by atoms with E-state index in [0.29, 0.717) is 35.4 Å². The van der Waals surface area contributed by atoms with Crippen molar-refractivity contribution in [3.05, 3.63) is 62.9 Å². The molecule has 0 spiro atoms. The summed E-state index contributed by atoms with van der Waals surface area (Å²) in [7, 11) is -3.69. The van der Waals surface area contributed by atoms with Gasteiger partial charge in [0.1, 0.15) is 0 Å². The molecular formula is C23H20IN3O4S. The Morgan fingerprint density at radius 2 is 1.56 bits per heavy atom. The van der Waals surface area contributed by atoms with Gasteiger partial charge in [0, 0.05) is 22.0 Å². The van der Waals surface area contributed by atoms with E-state index in [4.69, 9.17) is 0 Å². The predicted octanol–water partition coefficient (Wildman–Crippen LogP) is 4.12. The molecule has 164 valence electrons. The quantitative estimate of drug-likeness (QED) is 0.355. The monoisotopic (exact) mass is 561 g/mol. The molecule has 0 atom stereocenters. The van der Waals surface area contributed by atoms with E-state index in [1.54, 1.807) is 25.1 Å². The molecule has 5 rings (SSSR count). The van der Waals surface area contributed by atoms with E-state index in [1.165, 1.54) is 16.4 Å². The summed E-state index contributed by atoms with van der Waals surface area (Å²) in [6.07, 6.45) is 2.69. The Morgan fingerprint density at radius 3 is 2.25 bits per heavy atom. The first kappa shape index (κ1) is 21.5. The molecular weight excluding hydrogens is 541 g/mol. The maximum Gasteiger partial charge on any atom is 0.268 e. The number of anilines is 1. The van der Waals surface area contributed by atoms with Gasteiger partial charge in [-0.15, -0.1) is 0 Å². The van der Waals surface area contributed by atoms with E-state index in [2.05, 4.69) is 27.6 Å². The first-order valence-corrected chi connectivity index (χ1v) is 12.9. The molecule has 7 nitrogen and oxygen atoms in total. The van der Waals surface area contributed by atoms with Crippen LogP contribution in [0, 0.1) is 10.5 Å². The summed E-state index contributed by atoms with van der Waals surface area (Å²) >= 11 is 2.16. The highest BCUT2D eigenvalue weighted by Crippen LogP contribution is 2.35. The van der Waals surface area contributed by atoms with Crippen molar-refractivity contribution in [2.24, 2.45) is 0 Å². The maximum atomic E-state index is 13.4. The number of carbonyl (C=O) groups is 2. The summed E-state index contributed by atoms with van der Waals surface area (Å²) in [5.74, 6) is -0.906. The number of amides is 2. The number of aromatic nitrogens is 1. The molecule has 0 aliphatic carbocycles. The van der Waals surface area contributed by atoms with E-state index >= 15 is 0 Å². The summed E-state index contributed by atoms with van der Waals surface area (Å²) in [6, 6.07) is 11.7. The predicted molar refractivity (Wildman–Crippen MR) is 129 cm³/mol. The zero-order valence-electron chi connectivity index (χ0n) is 17.3. The lowest BCUT2D eigenvalue weighted by Gasteiger charge is -2.26. The number of piperidine rings is 1. The second-order valence-electron chi connectivity index (χ2n) is 8.01. The van der Waals surface area contributed by atoms with Crippen LogP contribution in [0.15, 0.2) is 47.4 Å². The van der Waals surface area contributed by atoms with Crippen molar-refractivity contribution in [2.45, 2.75) is 31.1 Å². The number of carbonyl (C=O) groups excluding carboxylic acids is 2. The largest absolute Gasteiger partial charge is 0.268 e. The van der Waals surface area contributed by atoms with Gasteiger partial charge in [-0.3, -0.25) is 14.6 Å². The van der Waals surface area contributed by atoms with Crippen LogP contribution in [-0.2, 0) is 10.0 Å². The number of rotatable bonds is 3. The van der Waals surface area contributed by atoms with Crippen molar-refractivity contribution in [1.29, 1.82) is 0 Å². The van der Waals surface area contributed by atoms with Gasteiger partial charge >= 0.3 is 0 Å². The topological polar surface area (TPSA) is 87.7 Å². The molecule has 0 unspecified atom stereocenters. The zero-order chi connectivity index (χ0) is 22.6. The number of sulfonamides is 1. The average Bonchev–Trinajstić information content (AvgIpc) is 3.06. The zero-order valence-corrected chi connectivity index (χ0v) is 20.3. The van der Waals surface area contributed by atoms with Gasteiger partial charge in [0.15, 0.2) is 0 Å². The van der Waals surface area contributed by atoms with Gasteiger partial charge < -0.3 is 0 Å². The minimum absolute atomic E-state index is 0.118. The van der Waals surface area contributed by atoms with Gasteiger partial charge in [-0.25, -0.2) is 13.3 Å². The Morgan fingerprint density at radius 1 is 0.906 bits per heavy atom. The van der Waals surface area contributed by atoms with Crippen molar-refractivity contribution in [3.8, 4) is 0 Å². The van der Waals surface area contributed by atoms with E-state index in [-0.39, 0.29) is 16.0 Å². The van der Waals surface area contributed by atoms with Crippen LogP contribution < -0.4 is 4.90 Å². The molecule has 1 fully saturated rings. The third kappa shape index (κ3) is 3.34. The molecule has 0 radical (unpaired) electrons. The molecule has 0 N–H and O–H groups in total. The van der Waals surface area contributed by atoms with Gasteiger partial charge in [-0.2, -0.15) is 4.31 Å². The molecule has 1 saturated heterocycles. The summed E-state index contributed by atoms with van der Waals surface area (Å²) in [6.45, 7) is 2.67. The molecule has 0 bridgehead atoms. The lowest BCUT2D eigenvalue weighted by Crippen LogP contribution is -2.35. The second kappa shape index (κ2) is 7.89. The number of nitrogens with zero attached hydrogens (tertiary/aromatic N) is 3. The minimum atomic E-state index is -3.69. The SMILES string of the molecule is Cc1nc2ccc(S(=O)(=O)N3CCCCC3)cc2c2c1C(=O)N(c1ccc(I)cc1)C2=O. The first-order valence-electron chi connectivity index (χ1n) is 10.4. The van der Waals surface area contributed by atoms with Crippen LogP contribution >= 0.6 is 22.6 Å². The third-order valence-corrected chi connectivity index (χ3v) is 8.62.